The van der Waals surface area contributed by atoms with Gasteiger partial charge < -0.3 is 10.1 Å². The van der Waals surface area contributed by atoms with Crippen LogP contribution in [0.1, 0.15) is 12.8 Å². The van der Waals surface area contributed by atoms with Gasteiger partial charge in [-0.2, -0.15) is 0 Å². The molecule has 0 spiro atoms. The molecule has 0 saturated carbocycles. The second-order valence-electron chi connectivity index (χ2n) is 5.55. The smallest absolute Gasteiger partial charge is 0.224 e. The zero-order valence-electron chi connectivity index (χ0n) is 13.0. The van der Waals surface area contributed by atoms with Crippen molar-refractivity contribution in [1.82, 2.24) is 9.62 Å². The molecule has 6 nitrogen and oxygen atoms in total. The van der Waals surface area contributed by atoms with E-state index in [1.54, 1.807) is 0 Å². The summed E-state index contributed by atoms with van der Waals surface area (Å²) in [7, 11) is -3.26. The van der Waals surface area contributed by atoms with Gasteiger partial charge in [0.1, 0.15) is 18.2 Å². The van der Waals surface area contributed by atoms with Crippen LogP contribution in [-0.2, 0) is 14.8 Å². The lowest BCUT2D eigenvalue weighted by atomic mass is 9.99. The van der Waals surface area contributed by atoms with Gasteiger partial charge in [-0.15, -0.1) is 0 Å². The molecule has 1 atom stereocenters. The van der Waals surface area contributed by atoms with E-state index >= 15 is 0 Å². The lowest BCUT2D eigenvalue weighted by Gasteiger charge is -2.30. The fourth-order valence-corrected chi connectivity index (χ4v) is 3.39. The predicted molar refractivity (Wildman–Crippen MR) is 84.0 cm³/mol. The summed E-state index contributed by atoms with van der Waals surface area (Å²) < 4.78 is 42.6. The van der Waals surface area contributed by atoms with Crippen LogP contribution in [0.2, 0.25) is 0 Å². The van der Waals surface area contributed by atoms with E-state index in [2.05, 4.69) is 5.32 Å². The van der Waals surface area contributed by atoms with E-state index in [0.717, 1.165) is 6.26 Å². The standard InChI is InChI=1S/C15H21FN2O4S/c1-23(20,21)18-9-2-3-12(11-18)15(19)17-8-10-22-14-6-4-13(16)5-7-14/h4-7,12H,2-3,8-11H2,1H3,(H,17,19)/t12-/m1/s1. The molecule has 2 rings (SSSR count). The molecule has 0 aliphatic carbocycles. The van der Waals surface area contributed by atoms with Crippen molar-refractivity contribution < 1.29 is 22.3 Å². The third-order valence-electron chi connectivity index (χ3n) is 3.71. The number of benzene rings is 1. The number of amides is 1. The number of carbonyl (C=O) groups is 1. The molecule has 0 bridgehead atoms. The van der Waals surface area contributed by atoms with Gasteiger partial charge in [-0.3, -0.25) is 4.79 Å². The lowest BCUT2D eigenvalue weighted by Crippen LogP contribution is -2.45. The van der Waals surface area contributed by atoms with Crippen LogP contribution in [0, 0.1) is 11.7 Å². The lowest BCUT2D eigenvalue weighted by molar-refractivity contribution is -0.126. The second-order valence-corrected chi connectivity index (χ2v) is 7.54. The van der Waals surface area contributed by atoms with Crippen LogP contribution in [0.4, 0.5) is 4.39 Å². The Balaban J connectivity index is 1.73. The van der Waals surface area contributed by atoms with Crippen molar-refractivity contribution in [3.05, 3.63) is 30.1 Å². The number of nitrogens with one attached hydrogen (secondary N) is 1. The Morgan fingerprint density at radius 3 is 2.74 bits per heavy atom. The second kappa shape index (κ2) is 7.74. The fourth-order valence-electron chi connectivity index (χ4n) is 2.48. The molecule has 1 amide bonds. The Hall–Kier alpha value is -1.67. The van der Waals surface area contributed by atoms with E-state index in [1.807, 2.05) is 0 Å². The van der Waals surface area contributed by atoms with Gasteiger partial charge in [0.2, 0.25) is 15.9 Å². The van der Waals surface area contributed by atoms with E-state index < -0.39 is 10.0 Å². The van der Waals surface area contributed by atoms with Crippen molar-refractivity contribution in [3.8, 4) is 5.75 Å². The Morgan fingerprint density at radius 1 is 1.39 bits per heavy atom. The molecule has 1 heterocycles. The van der Waals surface area contributed by atoms with E-state index in [4.69, 9.17) is 4.74 Å². The molecule has 0 radical (unpaired) electrons. The molecule has 0 unspecified atom stereocenters. The van der Waals surface area contributed by atoms with Gasteiger partial charge in [0.15, 0.2) is 0 Å². The van der Waals surface area contributed by atoms with Crippen molar-refractivity contribution in [2.75, 3.05) is 32.5 Å². The molecule has 0 aromatic heterocycles. The average molecular weight is 344 g/mol. The van der Waals surface area contributed by atoms with Crippen LogP contribution in [0.25, 0.3) is 0 Å². The Kier molecular flexibility index (Phi) is 5.95. The number of hydrogen-bond donors (Lipinski definition) is 1. The highest BCUT2D eigenvalue weighted by molar-refractivity contribution is 7.88. The van der Waals surface area contributed by atoms with E-state index in [1.165, 1.54) is 28.6 Å². The zero-order valence-corrected chi connectivity index (χ0v) is 13.8. The first-order chi connectivity index (χ1) is 10.9. The maximum atomic E-state index is 12.7. The van der Waals surface area contributed by atoms with Gasteiger partial charge in [-0.25, -0.2) is 17.1 Å². The summed E-state index contributed by atoms with van der Waals surface area (Å²) in [5.41, 5.74) is 0. The highest BCUT2D eigenvalue weighted by Crippen LogP contribution is 2.18. The maximum absolute atomic E-state index is 12.7. The fraction of sp³-hybridized carbons (Fsp3) is 0.533. The summed E-state index contributed by atoms with van der Waals surface area (Å²) in [4.78, 5) is 12.1. The Morgan fingerprint density at radius 2 is 2.09 bits per heavy atom. The number of hydrogen-bond acceptors (Lipinski definition) is 4. The van der Waals surface area contributed by atoms with E-state index in [0.29, 0.717) is 31.7 Å². The number of sulfonamides is 1. The minimum absolute atomic E-state index is 0.166. The average Bonchev–Trinajstić information content (AvgIpc) is 2.52. The molecule has 8 heteroatoms. The quantitative estimate of drug-likeness (QED) is 0.781. The SMILES string of the molecule is CS(=O)(=O)N1CCC[C@@H](C(=O)NCCOc2ccc(F)cc2)C1. The Bertz CT molecular complexity index is 633. The third-order valence-corrected chi connectivity index (χ3v) is 4.98. The number of piperidine rings is 1. The largest absolute Gasteiger partial charge is 0.492 e. The van der Waals surface area contributed by atoms with Crippen LogP contribution in [0.5, 0.6) is 5.75 Å². The molecule has 1 N–H and O–H groups in total. The van der Waals surface area contributed by atoms with Crippen molar-refractivity contribution >= 4 is 15.9 Å². The summed E-state index contributed by atoms with van der Waals surface area (Å²) in [6, 6.07) is 5.63. The van der Waals surface area contributed by atoms with E-state index in [9.17, 15) is 17.6 Å². The molecule has 1 aliphatic heterocycles. The molecule has 1 aromatic carbocycles. The van der Waals surface area contributed by atoms with Crippen LogP contribution in [-0.4, -0.2) is 51.1 Å². The summed E-state index contributed by atoms with van der Waals surface area (Å²) in [6.07, 6.45) is 2.51. The highest BCUT2D eigenvalue weighted by atomic mass is 32.2. The summed E-state index contributed by atoms with van der Waals surface area (Å²) in [5.74, 6) is -0.301. The molecule has 1 fully saturated rings. The predicted octanol–water partition coefficient (Wildman–Crippen LogP) is 0.992. The number of ether oxygens (including phenoxy) is 1. The van der Waals surface area contributed by atoms with Gasteiger partial charge in [0.25, 0.3) is 0 Å². The minimum Gasteiger partial charge on any atom is -0.492 e. The van der Waals surface area contributed by atoms with Crippen LogP contribution in [0.3, 0.4) is 0 Å². The minimum atomic E-state index is -3.26. The normalized spacial score (nSPS) is 19.3. The monoisotopic (exact) mass is 344 g/mol. The van der Waals surface area contributed by atoms with Gasteiger partial charge in [0.05, 0.1) is 18.7 Å². The number of halogens is 1. The number of nitrogens with zero attached hydrogens (tertiary/aromatic N) is 1. The van der Waals surface area contributed by atoms with Gasteiger partial charge in [-0.05, 0) is 37.1 Å². The first-order valence-electron chi connectivity index (χ1n) is 7.47. The summed E-state index contributed by atoms with van der Waals surface area (Å²) >= 11 is 0. The van der Waals surface area contributed by atoms with Crippen LogP contribution in [0.15, 0.2) is 24.3 Å². The van der Waals surface area contributed by atoms with Crippen molar-refractivity contribution in [1.29, 1.82) is 0 Å². The summed E-state index contributed by atoms with van der Waals surface area (Å²) in [5, 5.41) is 2.75. The molecule has 1 saturated heterocycles. The topological polar surface area (TPSA) is 75.7 Å². The molecule has 1 aromatic rings. The van der Waals surface area contributed by atoms with Crippen LogP contribution >= 0.6 is 0 Å². The molecular formula is C15H21FN2O4S. The first kappa shape index (κ1) is 17.7. The van der Waals surface area contributed by atoms with Crippen LogP contribution < -0.4 is 10.1 Å². The molecule has 23 heavy (non-hydrogen) atoms. The molecular weight excluding hydrogens is 323 g/mol. The number of rotatable bonds is 6. The maximum Gasteiger partial charge on any atom is 0.224 e. The summed E-state index contributed by atoms with van der Waals surface area (Å²) in [6.45, 7) is 1.27. The highest BCUT2D eigenvalue weighted by Gasteiger charge is 2.29. The first-order valence-corrected chi connectivity index (χ1v) is 9.32. The zero-order chi connectivity index (χ0) is 16.9. The van der Waals surface area contributed by atoms with Crippen molar-refractivity contribution in [3.63, 3.8) is 0 Å². The third kappa shape index (κ3) is 5.47. The van der Waals surface area contributed by atoms with Gasteiger partial charge >= 0.3 is 0 Å². The Labute approximate surface area is 135 Å². The van der Waals surface area contributed by atoms with Gasteiger partial charge in [-0.1, -0.05) is 0 Å². The molecule has 1 aliphatic rings. The van der Waals surface area contributed by atoms with Crippen molar-refractivity contribution in [2.45, 2.75) is 12.8 Å². The van der Waals surface area contributed by atoms with E-state index in [-0.39, 0.29) is 30.8 Å². The van der Waals surface area contributed by atoms with Crippen molar-refractivity contribution in [2.24, 2.45) is 5.92 Å². The number of carbonyl (C=O) groups excluding carboxylic acids is 1. The van der Waals surface area contributed by atoms with Gasteiger partial charge in [0, 0.05) is 13.1 Å². The molecule has 128 valence electrons.